The predicted molar refractivity (Wildman–Crippen MR) is 77.1 cm³/mol. The second-order valence-corrected chi connectivity index (χ2v) is 4.69. The topological polar surface area (TPSA) is 67.0 Å². The van der Waals surface area contributed by atoms with Crippen molar-refractivity contribution < 1.29 is 9.53 Å². The van der Waals surface area contributed by atoms with E-state index < -0.39 is 0 Å². The Balaban J connectivity index is 2.19. The number of amides is 1. The van der Waals surface area contributed by atoms with Crippen LogP contribution in [0.15, 0.2) is 30.6 Å². The number of nitrogens with zero attached hydrogens (tertiary/aromatic N) is 1. The zero-order chi connectivity index (χ0) is 14.5. The molecule has 0 saturated carbocycles. The van der Waals surface area contributed by atoms with Gasteiger partial charge in [-0.1, -0.05) is 18.5 Å². The summed E-state index contributed by atoms with van der Waals surface area (Å²) in [4.78, 5) is 19.5. The molecule has 0 fully saturated rings. The predicted octanol–water partition coefficient (Wildman–Crippen LogP) is 2.95. The number of aromatic nitrogens is 2. The number of benzene rings is 1. The zero-order valence-corrected chi connectivity index (χ0v) is 12.1. The first-order chi connectivity index (χ1) is 9.65. The van der Waals surface area contributed by atoms with Gasteiger partial charge in [-0.25, -0.2) is 4.98 Å². The van der Waals surface area contributed by atoms with Gasteiger partial charge in [-0.2, -0.15) is 0 Å². The number of nitrogens with one attached hydrogen (secondary N) is 2. The van der Waals surface area contributed by atoms with Crippen LogP contribution in [0, 0.1) is 0 Å². The van der Waals surface area contributed by atoms with Crippen LogP contribution in [-0.4, -0.2) is 23.0 Å². The molecule has 106 valence electrons. The molecule has 5 nitrogen and oxygen atoms in total. The normalized spacial score (nSPS) is 11.9. The minimum atomic E-state index is -0.221. The van der Waals surface area contributed by atoms with Crippen molar-refractivity contribution in [3.05, 3.63) is 47.0 Å². The third-order valence-corrected chi connectivity index (χ3v) is 3.21. The highest BCUT2D eigenvalue weighted by Gasteiger charge is 2.18. The van der Waals surface area contributed by atoms with Crippen LogP contribution in [0.5, 0.6) is 5.75 Å². The summed E-state index contributed by atoms with van der Waals surface area (Å²) in [7, 11) is 1.51. The zero-order valence-electron chi connectivity index (χ0n) is 11.3. The van der Waals surface area contributed by atoms with E-state index in [4.69, 9.17) is 16.3 Å². The van der Waals surface area contributed by atoms with E-state index in [9.17, 15) is 4.79 Å². The summed E-state index contributed by atoms with van der Waals surface area (Å²) in [6, 6.07) is 4.75. The Morgan fingerprint density at radius 1 is 1.55 bits per heavy atom. The lowest BCUT2D eigenvalue weighted by Crippen LogP contribution is -2.29. The Kier molecular flexibility index (Phi) is 4.63. The lowest BCUT2D eigenvalue weighted by Gasteiger charge is -2.16. The standard InChI is InChI=1S/C14H16ClN3O2/c1-3-11(13-16-6-7-17-13)18-14(19)10-5-4-9(15)8-12(10)20-2/h4-8,11H,3H2,1-2H3,(H,16,17)(H,18,19). The minimum Gasteiger partial charge on any atom is -0.496 e. The van der Waals surface area contributed by atoms with Gasteiger partial charge in [0.1, 0.15) is 11.6 Å². The molecule has 1 aromatic carbocycles. The highest BCUT2D eigenvalue weighted by Crippen LogP contribution is 2.24. The van der Waals surface area contributed by atoms with Crippen molar-refractivity contribution in [3.63, 3.8) is 0 Å². The van der Waals surface area contributed by atoms with Gasteiger partial charge >= 0.3 is 0 Å². The highest BCUT2D eigenvalue weighted by atomic mass is 35.5. The van der Waals surface area contributed by atoms with Gasteiger partial charge in [-0.3, -0.25) is 4.79 Å². The maximum Gasteiger partial charge on any atom is 0.255 e. The number of hydrogen-bond donors (Lipinski definition) is 2. The molecule has 1 amide bonds. The van der Waals surface area contributed by atoms with Gasteiger partial charge in [0.25, 0.3) is 5.91 Å². The summed E-state index contributed by atoms with van der Waals surface area (Å²) in [6.07, 6.45) is 4.12. The van der Waals surface area contributed by atoms with E-state index in [0.717, 1.165) is 12.2 Å². The van der Waals surface area contributed by atoms with Gasteiger partial charge in [-0.15, -0.1) is 0 Å². The Hall–Kier alpha value is -2.01. The molecule has 2 aromatic rings. The molecule has 0 radical (unpaired) electrons. The minimum absolute atomic E-state index is 0.169. The fourth-order valence-corrected chi connectivity index (χ4v) is 2.08. The summed E-state index contributed by atoms with van der Waals surface area (Å²) >= 11 is 5.89. The van der Waals surface area contributed by atoms with Gasteiger partial charge in [0, 0.05) is 17.4 Å². The molecule has 0 bridgehead atoms. The molecule has 1 unspecified atom stereocenters. The molecule has 1 heterocycles. The van der Waals surface area contributed by atoms with E-state index in [-0.39, 0.29) is 11.9 Å². The van der Waals surface area contributed by atoms with Gasteiger partial charge in [0.15, 0.2) is 0 Å². The van der Waals surface area contributed by atoms with Crippen LogP contribution < -0.4 is 10.1 Å². The summed E-state index contributed by atoms with van der Waals surface area (Å²) < 4.78 is 5.18. The van der Waals surface area contributed by atoms with Crippen LogP contribution in [0.3, 0.4) is 0 Å². The first-order valence-electron chi connectivity index (χ1n) is 6.29. The van der Waals surface area contributed by atoms with Gasteiger partial charge in [0.2, 0.25) is 0 Å². The summed E-state index contributed by atoms with van der Waals surface area (Å²) in [6.45, 7) is 1.98. The molecular weight excluding hydrogens is 278 g/mol. The molecule has 2 rings (SSSR count). The second kappa shape index (κ2) is 6.43. The maximum absolute atomic E-state index is 12.3. The van der Waals surface area contributed by atoms with E-state index in [1.807, 2.05) is 6.92 Å². The summed E-state index contributed by atoms with van der Waals surface area (Å²) in [5, 5.41) is 3.45. The number of imidazole rings is 1. The third kappa shape index (κ3) is 3.11. The lowest BCUT2D eigenvalue weighted by atomic mass is 10.1. The molecule has 0 saturated heterocycles. The van der Waals surface area contributed by atoms with Crippen molar-refractivity contribution >= 4 is 17.5 Å². The molecule has 0 spiro atoms. The molecule has 0 aliphatic rings. The molecule has 1 atom stereocenters. The van der Waals surface area contributed by atoms with Crippen molar-refractivity contribution in [1.29, 1.82) is 0 Å². The number of rotatable bonds is 5. The number of carbonyl (C=O) groups excluding carboxylic acids is 1. The smallest absolute Gasteiger partial charge is 0.255 e. The summed E-state index contributed by atoms with van der Waals surface area (Å²) in [5.74, 6) is 0.958. The Labute approximate surface area is 122 Å². The number of aromatic amines is 1. The monoisotopic (exact) mass is 293 g/mol. The quantitative estimate of drug-likeness (QED) is 0.890. The van der Waals surface area contributed by atoms with E-state index in [1.54, 1.807) is 30.6 Å². The third-order valence-electron chi connectivity index (χ3n) is 2.97. The average Bonchev–Trinajstić information content (AvgIpc) is 2.98. The van der Waals surface area contributed by atoms with Crippen LogP contribution in [-0.2, 0) is 0 Å². The number of methoxy groups -OCH3 is 1. The number of carbonyl (C=O) groups is 1. The van der Waals surface area contributed by atoms with Crippen LogP contribution >= 0.6 is 11.6 Å². The van der Waals surface area contributed by atoms with Crippen molar-refractivity contribution in [2.75, 3.05) is 7.11 Å². The second-order valence-electron chi connectivity index (χ2n) is 4.25. The molecule has 1 aromatic heterocycles. The van der Waals surface area contributed by atoms with Gasteiger partial charge in [0.05, 0.1) is 18.7 Å². The van der Waals surface area contributed by atoms with E-state index in [2.05, 4.69) is 15.3 Å². The molecule has 0 aliphatic heterocycles. The van der Waals surface area contributed by atoms with Crippen molar-refractivity contribution in [1.82, 2.24) is 15.3 Å². The van der Waals surface area contributed by atoms with E-state index in [0.29, 0.717) is 16.3 Å². The van der Waals surface area contributed by atoms with Crippen molar-refractivity contribution in [3.8, 4) is 5.75 Å². The van der Waals surface area contributed by atoms with Crippen molar-refractivity contribution in [2.24, 2.45) is 0 Å². The Morgan fingerprint density at radius 2 is 2.35 bits per heavy atom. The Bertz CT molecular complexity index is 584. The Morgan fingerprint density at radius 3 is 2.95 bits per heavy atom. The number of hydrogen-bond acceptors (Lipinski definition) is 3. The van der Waals surface area contributed by atoms with Crippen LogP contribution in [0.25, 0.3) is 0 Å². The maximum atomic E-state index is 12.3. The van der Waals surface area contributed by atoms with Crippen LogP contribution in [0.4, 0.5) is 0 Å². The van der Waals surface area contributed by atoms with Crippen molar-refractivity contribution in [2.45, 2.75) is 19.4 Å². The number of halogens is 1. The fourth-order valence-electron chi connectivity index (χ4n) is 1.92. The molecular formula is C14H16ClN3O2. The van der Waals surface area contributed by atoms with Crippen LogP contribution in [0.2, 0.25) is 5.02 Å². The van der Waals surface area contributed by atoms with Gasteiger partial charge < -0.3 is 15.0 Å². The largest absolute Gasteiger partial charge is 0.496 e. The van der Waals surface area contributed by atoms with E-state index in [1.165, 1.54) is 7.11 Å². The summed E-state index contributed by atoms with van der Waals surface area (Å²) in [5.41, 5.74) is 0.446. The van der Waals surface area contributed by atoms with Crippen LogP contribution in [0.1, 0.15) is 35.6 Å². The first kappa shape index (κ1) is 14.4. The fraction of sp³-hybridized carbons (Fsp3) is 0.286. The first-order valence-corrected chi connectivity index (χ1v) is 6.67. The highest BCUT2D eigenvalue weighted by molar-refractivity contribution is 6.30. The number of H-pyrrole nitrogens is 1. The number of ether oxygens (including phenoxy) is 1. The molecule has 20 heavy (non-hydrogen) atoms. The molecule has 6 heteroatoms. The molecule has 2 N–H and O–H groups in total. The lowest BCUT2D eigenvalue weighted by molar-refractivity contribution is 0.0931. The average molecular weight is 294 g/mol. The van der Waals surface area contributed by atoms with Gasteiger partial charge in [-0.05, 0) is 24.6 Å². The van der Waals surface area contributed by atoms with E-state index >= 15 is 0 Å². The SMILES string of the molecule is CCC(NC(=O)c1ccc(Cl)cc1OC)c1ncc[nH]1. The molecule has 0 aliphatic carbocycles.